The average Bonchev–Trinajstić information content (AvgIpc) is 3.03. The van der Waals surface area contributed by atoms with E-state index in [4.69, 9.17) is 18.3 Å². The van der Waals surface area contributed by atoms with Crippen LogP contribution in [0.15, 0.2) is 0 Å². The molecule has 5 heteroatoms. The summed E-state index contributed by atoms with van der Waals surface area (Å²) >= 11 is 0. The van der Waals surface area contributed by atoms with Gasteiger partial charge in [-0.25, -0.2) is 0 Å². The van der Waals surface area contributed by atoms with Crippen molar-refractivity contribution in [2.75, 3.05) is 26.4 Å². The van der Waals surface area contributed by atoms with Crippen LogP contribution < -0.4 is 0 Å². The first-order valence-corrected chi connectivity index (χ1v) is 7.40. The molecule has 0 bridgehead atoms. The van der Waals surface area contributed by atoms with Crippen LogP contribution in [0, 0.1) is 0 Å². The SMILES string of the molecule is CCCOC(C1CO1)[SiH](OCC)OCC. The van der Waals surface area contributed by atoms with Crippen LogP contribution in [0.25, 0.3) is 0 Å². The van der Waals surface area contributed by atoms with Gasteiger partial charge in [-0.1, -0.05) is 6.92 Å². The molecule has 4 nitrogen and oxygen atoms in total. The molecule has 15 heavy (non-hydrogen) atoms. The van der Waals surface area contributed by atoms with E-state index < -0.39 is 9.28 Å². The third-order valence-corrected chi connectivity index (χ3v) is 4.65. The first kappa shape index (κ1) is 13.1. The van der Waals surface area contributed by atoms with Gasteiger partial charge < -0.3 is 18.3 Å². The van der Waals surface area contributed by atoms with Gasteiger partial charge in [-0.3, -0.25) is 0 Å². The van der Waals surface area contributed by atoms with Crippen LogP contribution in [-0.4, -0.2) is 47.5 Å². The molecule has 0 aliphatic carbocycles. The summed E-state index contributed by atoms with van der Waals surface area (Å²) in [5, 5.41) is 0. The lowest BCUT2D eigenvalue weighted by Gasteiger charge is -2.23. The monoisotopic (exact) mass is 234 g/mol. The van der Waals surface area contributed by atoms with Gasteiger partial charge in [0.15, 0.2) is 0 Å². The van der Waals surface area contributed by atoms with E-state index in [1.165, 1.54) is 0 Å². The first-order valence-electron chi connectivity index (χ1n) is 5.79. The Bertz CT molecular complexity index is 158. The number of ether oxygens (including phenoxy) is 2. The molecule has 1 fully saturated rings. The molecule has 90 valence electrons. The van der Waals surface area contributed by atoms with E-state index in [1.54, 1.807) is 0 Å². The van der Waals surface area contributed by atoms with Crippen LogP contribution in [0.2, 0.25) is 0 Å². The Kier molecular flexibility index (Phi) is 6.43. The minimum atomic E-state index is -1.72. The lowest BCUT2D eigenvalue weighted by Crippen LogP contribution is -2.43. The van der Waals surface area contributed by atoms with Crippen molar-refractivity contribution in [1.29, 1.82) is 0 Å². The highest BCUT2D eigenvalue weighted by atomic mass is 28.3. The highest BCUT2D eigenvalue weighted by molar-refractivity contribution is 6.46. The van der Waals surface area contributed by atoms with Gasteiger partial charge in [0.05, 0.1) is 6.61 Å². The Morgan fingerprint density at radius 1 is 1.27 bits per heavy atom. The molecule has 0 spiro atoms. The fourth-order valence-corrected chi connectivity index (χ4v) is 3.43. The van der Waals surface area contributed by atoms with Gasteiger partial charge in [0, 0.05) is 19.8 Å². The zero-order valence-corrected chi connectivity index (χ0v) is 11.1. The number of hydrogen-bond donors (Lipinski definition) is 0. The van der Waals surface area contributed by atoms with Crippen molar-refractivity contribution < 1.29 is 18.3 Å². The van der Waals surface area contributed by atoms with Gasteiger partial charge in [-0.05, 0) is 20.3 Å². The van der Waals surface area contributed by atoms with E-state index in [1.807, 2.05) is 13.8 Å². The molecule has 1 saturated heterocycles. The van der Waals surface area contributed by atoms with Crippen molar-refractivity contribution in [1.82, 2.24) is 0 Å². The molecule has 1 heterocycles. The molecule has 0 aromatic rings. The maximum atomic E-state index is 5.77. The van der Waals surface area contributed by atoms with Crippen LogP contribution in [0.4, 0.5) is 0 Å². The molecule has 0 N–H and O–H groups in total. The second kappa shape index (κ2) is 7.35. The van der Waals surface area contributed by atoms with Crippen molar-refractivity contribution in [3.63, 3.8) is 0 Å². The first-order chi connectivity index (χ1) is 7.33. The zero-order chi connectivity index (χ0) is 11.1. The van der Waals surface area contributed by atoms with Crippen molar-refractivity contribution in [3.05, 3.63) is 0 Å². The maximum Gasteiger partial charge on any atom is 0.354 e. The van der Waals surface area contributed by atoms with Gasteiger partial charge in [0.2, 0.25) is 0 Å². The second-order valence-electron chi connectivity index (χ2n) is 3.49. The third-order valence-electron chi connectivity index (χ3n) is 2.17. The summed E-state index contributed by atoms with van der Waals surface area (Å²) < 4.78 is 22.4. The van der Waals surface area contributed by atoms with Gasteiger partial charge in [-0.2, -0.15) is 0 Å². The van der Waals surface area contributed by atoms with E-state index in [0.717, 1.165) is 19.6 Å². The Hall–Kier alpha value is 0.0569. The van der Waals surface area contributed by atoms with Gasteiger partial charge in [0.1, 0.15) is 11.8 Å². The molecule has 2 unspecified atom stereocenters. The van der Waals surface area contributed by atoms with Crippen LogP contribution in [0.5, 0.6) is 0 Å². The molecular weight excluding hydrogens is 212 g/mol. The van der Waals surface area contributed by atoms with Crippen LogP contribution in [0.1, 0.15) is 27.2 Å². The summed E-state index contributed by atoms with van der Waals surface area (Å²) in [5.74, 6) is 0. The van der Waals surface area contributed by atoms with Crippen LogP contribution in [0.3, 0.4) is 0 Å². The molecule has 1 rings (SSSR count). The summed E-state index contributed by atoms with van der Waals surface area (Å²) in [6.07, 6.45) is 1.23. The fraction of sp³-hybridized carbons (Fsp3) is 1.00. The fourth-order valence-electron chi connectivity index (χ4n) is 1.43. The van der Waals surface area contributed by atoms with Crippen LogP contribution in [-0.2, 0) is 18.3 Å². The highest BCUT2D eigenvalue weighted by Gasteiger charge is 2.42. The molecule has 0 radical (unpaired) electrons. The van der Waals surface area contributed by atoms with E-state index in [2.05, 4.69) is 6.92 Å². The van der Waals surface area contributed by atoms with Crippen LogP contribution >= 0.6 is 0 Å². The topological polar surface area (TPSA) is 40.2 Å². The van der Waals surface area contributed by atoms with Crippen molar-refractivity contribution in [3.8, 4) is 0 Å². The summed E-state index contributed by atoms with van der Waals surface area (Å²) in [5.41, 5.74) is 0.0600. The number of rotatable bonds is 9. The smallest absolute Gasteiger partial charge is 0.354 e. The van der Waals surface area contributed by atoms with Gasteiger partial charge >= 0.3 is 9.28 Å². The molecule has 1 aliphatic rings. The molecule has 1 aliphatic heterocycles. The lowest BCUT2D eigenvalue weighted by molar-refractivity contribution is 0.0449. The van der Waals surface area contributed by atoms with E-state index in [9.17, 15) is 0 Å². The van der Waals surface area contributed by atoms with E-state index >= 15 is 0 Å². The average molecular weight is 234 g/mol. The van der Waals surface area contributed by atoms with Crippen molar-refractivity contribution in [2.45, 2.75) is 39.0 Å². The number of epoxide rings is 1. The molecule has 2 atom stereocenters. The maximum absolute atomic E-state index is 5.77. The molecule has 0 amide bonds. The van der Waals surface area contributed by atoms with E-state index in [0.29, 0.717) is 13.2 Å². The largest absolute Gasteiger partial charge is 0.395 e. The van der Waals surface area contributed by atoms with Crippen molar-refractivity contribution >= 4 is 9.28 Å². The molecular formula is C10H22O4Si. The highest BCUT2D eigenvalue weighted by Crippen LogP contribution is 2.20. The van der Waals surface area contributed by atoms with Crippen molar-refractivity contribution in [2.24, 2.45) is 0 Å². The zero-order valence-electron chi connectivity index (χ0n) is 9.90. The Balaban J connectivity index is 2.40. The predicted molar refractivity (Wildman–Crippen MR) is 60.2 cm³/mol. The van der Waals surface area contributed by atoms with Gasteiger partial charge in [0.25, 0.3) is 0 Å². The standard InChI is InChI=1S/C10H22O4Si/c1-4-7-11-10(9-8-12-9)15(13-5-2)14-6-3/h9-10,15H,4-8H2,1-3H3. The Morgan fingerprint density at radius 2 is 1.87 bits per heavy atom. The molecule has 0 aromatic carbocycles. The molecule has 0 saturated carbocycles. The summed E-state index contributed by atoms with van der Waals surface area (Å²) in [7, 11) is -1.72. The Labute approximate surface area is 93.7 Å². The summed E-state index contributed by atoms with van der Waals surface area (Å²) in [6.45, 7) is 9.01. The van der Waals surface area contributed by atoms with E-state index in [-0.39, 0.29) is 11.8 Å². The lowest BCUT2D eigenvalue weighted by atomic mass is 10.5. The summed E-state index contributed by atoms with van der Waals surface area (Å²) in [6, 6.07) is 0. The third kappa shape index (κ3) is 4.61. The molecule has 0 aromatic heterocycles. The minimum absolute atomic E-state index is 0.0600. The normalized spacial score (nSPS) is 22.0. The summed E-state index contributed by atoms with van der Waals surface area (Å²) in [4.78, 5) is 0. The Morgan fingerprint density at radius 3 is 2.27 bits per heavy atom. The van der Waals surface area contributed by atoms with Gasteiger partial charge in [-0.15, -0.1) is 0 Å². The minimum Gasteiger partial charge on any atom is -0.395 e. The quantitative estimate of drug-likeness (QED) is 0.441. The predicted octanol–water partition coefficient (Wildman–Crippen LogP) is 1.01. The second-order valence-corrected chi connectivity index (χ2v) is 5.55. The number of hydrogen-bond acceptors (Lipinski definition) is 4.